The molecule has 5 saturated carbocycles. The summed E-state index contributed by atoms with van der Waals surface area (Å²) in [4.78, 5) is 15.8. The van der Waals surface area contributed by atoms with Crippen molar-refractivity contribution >= 4 is 23.0 Å². The largest absolute Gasteiger partial charge is 0.455 e. The van der Waals surface area contributed by atoms with Crippen molar-refractivity contribution in [3.05, 3.63) is 35.9 Å². The quantitative estimate of drug-likeness (QED) is 0.287. The molecule has 5 aliphatic carbocycles. The molecule has 3 unspecified atom stereocenters. The standard InChI is InChI=1S/C32H45NO10.BrH/c1-6-33-14-29(15-39-2)18(34)12-19(40-3)31-17-13-30(37)26(43-28(36)16-10-8-7-9-11-16)20(17)32(38,25(35)27(30)42-5)21(24(31)33)22(41-4)23(29)31;/h7-11,17-27,34-35,37-38H,6,12-15H2,1-5H3;1H/t17-,18-,19+,20-,21?,22+,23-,24?,25+,26-,27+,29+,30-,31?,32-;/m1./s1. The summed E-state index contributed by atoms with van der Waals surface area (Å²) in [6.07, 6.45) is -5.27. The molecule has 15 atom stereocenters. The van der Waals surface area contributed by atoms with Crippen LogP contribution in [0.2, 0.25) is 0 Å². The fourth-order valence-corrected chi connectivity index (χ4v) is 11.9. The van der Waals surface area contributed by atoms with Gasteiger partial charge >= 0.3 is 5.97 Å². The number of methoxy groups -OCH3 is 4. The Kier molecular flexibility index (Phi) is 8.13. The predicted octanol–water partition coefficient (Wildman–Crippen LogP) is 0.655. The van der Waals surface area contributed by atoms with Crippen LogP contribution >= 0.6 is 17.0 Å². The van der Waals surface area contributed by atoms with Crippen LogP contribution in [0.1, 0.15) is 30.1 Å². The van der Waals surface area contributed by atoms with Crippen LogP contribution in [0.5, 0.6) is 0 Å². The predicted molar refractivity (Wildman–Crippen MR) is 161 cm³/mol. The number of nitrogens with zero attached hydrogens (tertiary/aromatic N) is 1. The Morgan fingerprint density at radius 1 is 1.00 bits per heavy atom. The molecule has 7 rings (SSSR count). The lowest BCUT2D eigenvalue weighted by atomic mass is 9.42. The van der Waals surface area contributed by atoms with Gasteiger partial charge in [0.15, 0.2) is 0 Å². The maximum absolute atomic E-state index is 13.6. The van der Waals surface area contributed by atoms with Gasteiger partial charge in [0, 0.05) is 76.0 Å². The highest BCUT2D eigenvalue weighted by Crippen LogP contribution is 2.80. The van der Waals surface area contributed by atoms with E-state index in [1.165, 1.54) is 7.11 Å². The first-order valence-electron chi connectivity index (χ1n) is 15.5. The second kappa shape index (κ2) is 10.9. The number of ether oxygens (including phenoxy) is 5. The normalized spacial score (nSPS) is 51.5. The third kappa shape index (κ3) is 3.56. The molecule has 1 aliphatic heterocycles. The van der Waals surface area contributed by atoms with Crippen LogP contribution in [-0.2, 0) is 23.7 Å². The van der Waals surface area contributed by atoms with Gasteiger partial charge in [0.1, 0.15) is 29.5 Å². The van der Waals surface area contributed by atoms with Crippen LogP contribution in [0, 0.1) is 34.5 Å². The summed E-state index contributed by atoms with van der Waals surface area (Å²) < 4.78 is 30.5. The van der Waals surface area contributed by atoms with Gasteiger partial charge in [0.2, 0.25) is 0 Å². The molecular formula is C32H46BrNO10. The summed E-state index contributed by atoms with van der Waals surface area (Å²) in [6.45, 7) is 3.46. The second-order valence-electron chi connectivity index (χ2n) is 13.9. The molecule has 6 fully saturated rings. The van der Waals surface area contributed by atoms with Gasteiger partial charge in [-0.15, -0.1) is 17.0 Å². The number of benzene rings is 1. The molecule has 44 heavy (non-hydrogen) atoms. The minimum absolute atomic E-state index is 0. The summed E-state index contributed by atoms with van der Waals surface area (Å²) in [7, 11) is 6.29. The number of piperidine rings is 1. The molecule has 0 aromatic heterocycles. The lowest BCUT2D eigenvalue weighted by Gasteiger charge is -2.70. The third-order valence-electron chi connectivity index (χ3n) is 12.9. The summed E-state index contributed by atoms with van der Waals surface area (Å²) in [5.74, 6) is -2.94. The molecule has 0 amide bonds. The van der Waals surface area contributed by atoms with E-state index in [9.17, 15) is 25.2 Å². The maximum Gasteiger partial charge on any atom is 0.338 e. The van der Waals surface area contributed by atoms with E-state index in [0.717, 1.165) is 0 Å². The summed E-state index contributed by atoms with van der Waals surface area (Å²) in [5.41, 5.74) is -4.81. The molecule has 11 nitrogen and oxygen atoms in total. The Balaban J connectivity index is 0.00000343. The van der Waals surface area contributed by atoms with Crippen LogP contribution in [0.4, 0.5) is 0 Å². The minimum atomic E-state index is -1.86. The van der Waals surface area contributed by atoms with Crippen molar-refractivity contribution in [3.63, 3.8) is 0 Å². The monoisotopic (exact) mass is 683 g/mol. The van der Waals surface area contributed by atoms with Gasteiger partial charge in [-0.1, -0.05) is 25.1 Å². The van der Waals surface area contributed by atoms with Crippen LogP contribution in [-0.4, -0.2) is 133 Å². The van der Waals surface area contributed by atoms with Crippen molar-refractivity contribution in [2.24, 2.45) is 34.5 Å². The topological polar surface area (TPSA) is 147 Å². The zero-order valence-electron chi connectivity index (χ0n) is 25.9. The lowest BCUT2D eigenvalue weighted by Crippen LogP contribution is -2.81. The van der Waals surface area contributed by atoms with Crippen molar-refractivity contribution in [1.82, 2.24) is 4.90 Å². The molecule has 246 valence electrons. The van der Waals surface area contributed by atoms with Gasteiger partial charge < -0.3 is 44.1 Å². The number of fused-ring (bicyclic) bond motifs is 2. The van der Waals surface area contributed by atoms with E-state index in [1.807, 2.05) is 0 Å². The molecule has 0 radical (unpaired) electrons. The molecule has 7 bridgehead atoms. The number of aliphatic hydroxyl groups is 4. The Labute approximate surface area is 268 Å². The molecule has 6 aliphatic rings. The number of carbonyl (C=O) groups excluding carboxylic acids is 1. The lowest BCUT2D eigenvalue weighted by molar-refractivity contribution is -0.320. The highest BCUT2D eigenvalue weighted by molar-refractivity contribution is 8.93. The number of carbonyl (C=O) groups is 1. The molecule has 1 saturated heterocycles. The number of likely N-dealkylation sites (tertiary alicyclic amines) is 1. The SMILES string of the molecule is Br.CCN1C[C@]2(COC)[C@H](O)C[C@H](OC)C34C1C([C@H](OC)[C@@H]32)[C@]1(O)[C@@H]2[C@H]4C[C@@](O)([C@@H]2OC(=O)c2ccccc2)[C@@H](OC)[C@@H]1O. The number of esters is 1. The van der Waals surface area contributed by atoms with Crippen molar-refractivity contribution in [3.8, 4) is 0 Å². The van der Waals surface area contributed by atoms with Crippen molar-refractivity contribution < 1.29 is 48.9 Å². The van der Waals surface area contributed by atoms with E-state index in [4.69, 9.17) is 23.7 Å². The summed E-state index contributed by atoms with van der Waals surface area (Å²) in [5, 5.41) is 49.7. The number of aliphatic hydroxyl groups excluding tert-OH is 2. The van der Waals surface area contributed by atoms with Crippen LogP contribution in [0.25, 0.3) is 0 Å². The van der Waals surface area contributed by atoms with Crippen LogP contribution in [0.15, 0.2) is 30.3 Å². The Morgan fingerprint density at radius 3 is 2.30 bits per heavy atom. The molecule has 1 aromatic rings. The van der Waals surface area contributed by atoms with Crippen molar-refractivity contribution in [2.75, 3.05) is 48.1 Å². The van der Waals surface area contributed by atoms with Gasteiger partial charge in [-0.25, -0.2) is 4.79 Å². The Morgan fingerprint density at radius 2 is 1.70 bits per heavy atom. The van der Waals surface area contributed by atoms with E-state index >= 15 is 0 Å². The highest BCUT2D eigenvalue weighted by Gasteiger charge is 2.91. The zero-order chi connectivity index (χ0) is 30.7. The van der Waals surface area contributed by atoms with Crippen LogP contribution < -0.4 is 0 Å². The van der Waals surface area contributed by atoms with Gasteiger partial charge in [-0.2, -0.15) is 0 Å². The van der Waals surface area contributed by atoms with Gasteiger partial charge in [0.25, 0.3) is 0 Å². The van der Waals surface area contributed by atoms with Gasteiger partial charge in [0.05, 0.1) is 30.5 Å². The van der Waals surface area contributed by atoms with E-state index in [-0.39, 0.29) is 42.0 Å². The van der Waals surface area contributed by atoms with E-state index in [0.29, 0.717) is 25.1 Å². The first-order chi connectivity index (χ1) is 20.6. The minimum Gasteiger partial charge on any atom is -0.455 e. The Hall–Kier alpha value is -1.19. The van der Waals surface area contributed by atoms with Gasteiger partial charge in [-0.3, -0.25) is 4.90 Å². The Bertz CT molecular complexity index is 1260. The molecule has 4 N–H and O–H groups in total. The van der Waals surface area contributed by atoms with Crippen molar-refractivity contribution in [2.45, 2.75) is 73.6 Å². The molecule has 12 heteroatoms. The average Bonchev–Trinajstić information content (AvgIpc) is 3.39. The first kappa shape index (κ1) is 32.7. The van der Waals surface area contributed by atoms with E-state index in [2.05, 4.69) is 11.8 Å². The number of hydrogen-bond donors (Lipinski definition) is 4. The first-order valence-corrected chi connectivity index (χ1v) is 15.5. The third-order valence-corrected chi connectivity index (χ3v) is 12.9. The van der Waals surface area contributed by atoms with Crippen LogP contribution in [0.3, 0.4) is 0 Å². The molecule has 1 heterocycles. The molecule has 1 spiro atoms. The molecular weight excluding hydrogens is 638 g/mol. The fraction of sp³-hybridized carbons (Fsp3) is 0.781. The number of halogens is 1. The zero-order valence-corrected chi connectivity index (χ0v) is 27.6. The number of rotatable bonds is 8. The highest BCUT2D eigenvalue weighted by atomic mass is 79.9. The maximum atomic E-state index is 13.6. The fourth-order valence-electron chi connectivity index (χ4n) is 11.9. The second-order valence-corrected chi connectivity index (χ2v) is 13.9. The average molecular weight is 685 g/mol. The smallest absolute Gasteiger partial charge is 0.338 e. The van der Waals surface area contributed by atoms with Crippen molar-refractivity contribution in [1.29, 1.82) is 0 Å². The number of hydrogen-bond acceptors (Lipinski definition) is 11. The summed E-state index contributed by atoms with van der Waals surface area (Å²) in [6, 6.07) is 8.25. The van der Waals surface area contributed by atoms with E-state index < -0.39 is 82.4 Å². The van der Waals surface area contributed by atoms with Gasteiger partial charge in [-0.05, 0) is 31.0 Å². The molecule has 1 aromatic carbocycles. The summed E-state index contributed by atoms with van der Waals surface area (Å²) >= 11 is 0. The van der Waals surface area contributed by atoms with E-state index in [1.54, 1.807) is 51.7 Å².